The first-order chi connectivity index (χ1) is 18.2. The number of esters is 1. The summed E-state index contributed by atoms with van der Waals surface area (Å²) < 4.78 is 5.09. The van der Waals surface area contributed by atoms with E-state index in [1.165, 1.54) is 12.3 Å². The molecule has 4 aromatic rings. The molecule has 38 heavy (non-hydrogen) atoms. The first-order valence-corrected chi connectivity index (χ1v) is 16.1. The maximum Gasteiger partial charge on any atom is 0.337 e. The summed E-state index contributed by atoms with van der Waals surface area (Å²) in [6, 6.07) is 20.5. The predicted molar refractivity (Wildman–Crippen MR) is 159 cm³/mol. The largest absolute Gasteiger partial charge is 0.465 e. The number of nitrogens with one attached hydrogen (secondary N) is 2. The van der Waals surface area contributed by atoms with E-state index in [2.05, 4.69) is 53.9 Å². The third kappa shape index (κ3) is 4.76. The minimum absolute atomic E-state index is 0.332. The Balaban J connectivity index is 1.65. The molecule has 0 spiro atoms. The topological polar surface area (TPSA) is 83.7 Å². The van der Waals surface area contributed by atoms with Gasteiger partial charge >= 0.3 is 5.97 Å². The second-order valence-corrected chi connectivity index (χ2v) is 15.7. The van der Waals surface area contributed by atoms with Gasteiger partial charge in [-0.05, 0) is 84.5 Å². The zero-order chi connectivity index (χ0) is 26.4. The molecule has 188 valence electrons. The molecule has 0 radical (unpaired) electrons. The fraction of sp³-hybridized carbons (Fsp3) is 0.129. The van der Waals surface area contributed by atoms with E-state index in [9.17, 15) is 4.79 Å². The van der Waals surface area contributed by atoms with Crippen molar-refractivity contribution in [3.63, 3.8) is 0 Å². The molecule has 6 nitrogen and oxygen atoms in total. The smallest absolute Gasteiger partial charge is 0.337 e. The number of methoxy groups -OCH3 is 1. The van der Waals surface area contributed by atoms with Gasteiger partial charge in [0.25, 0.3) is 0 Å². The van der Waals surface area contributed by atoms with Crippen LogP contribution in [-0.4, -0.2) is 41.1 Å². The van der Waals surface area contributed by atoms with Gasteiger partial charge in [-0.1, -0.05) is 30.9 Å². The maximum atomic E-state index is 12.6. The zero-order valence-electron chi connectivity index (χ0n) is 21.8. The molecule has 1 aromatic carbocycles. The van der Waals surface area contributed by atoms with E-state index in [-0.39, 0.29) is 5.97 Å². The van der Waals surface area contributed by atoms with Crippen LogP contribution in [-0.2, 0) is 4.74 Å². The fourth-order valence-electron chi connectivity index (χ4n) is 4.71. The highest BCUT2D eigenvalue weighted by Crippen LogP contribution is 2.29. The number of aromatic amines is 2. The summed E-state index contributed by atoms with van der Waals surface area (Å²) in [5, 5.41) is 1.20. The summed E-state index contributed by atoms with van der Waals surface area (Å²) in [5.74, 6) is -0.332. The minimum atomic E-state index is -1.72. The summed E-state index contributed by atoms with van der Waals surface area (Å²) in [4.78, 5) is 29.1. The Kier molecular flexibility index (Phi) is 5.73. The third-order valence-corrected chi connectivity index (χ3v) is 8.72. The molecule has 0 saturated carbocycles. The van der Waals surface area contributed by atoms with Crippen LogP contribution in [0.5, 0.6) is 0 Å². The van der Waals surface area contributed by atoms with Gasteiger partial charge in [-0.25, -0.2) is 14.8 Å². The lowest BCUT2D eigenvalue weighted by atomic mass is 10.0. The number of carbonyl (C=O) groups excluding carboxylic acids is 1. The highest BCUT2D eigenvalue weighted by molar-refractivity contribution is 6.88. The first-order valence-electron chi connectivity index (χ1n) is 12.6. The van der Waals surface area contributed by atoms with Crippen molar-refractivity contribution in [3.8, 4) is 11.1 Å². The lowest BCUT2D eigenvalue weighted by Crippen LogP contribution is -2.38. The van der Waals surface area contributed by atoms with Gasteiger partial charge in [0.1, 0.15) is 0 Å². The molecule has 0 unspecified atom stereocenters. The molecule has 6 rings (SSSR count). The van der Waals surface area contributed by atoms with Crippen molar-refractivity contribution in [1.29, 1.82) is 0 Å². The van der Waals surface area contributed by atoms with Gasteiger partial charge < -0.3 is 14.7 Å². The Labute approximate surface area is 221 Å². The van der Waals surface area contributed by atoms with Gasteiger partial charge in [0, 0.05) is 27.6 Å². The molecule has 0 atom stereocenters. The Morgan fingerprint density at radius 1 is 0.711 bits per heavy atom. The van der Waals surface area contributed by atoms with Crippen molar-refractivity contribution in [2.75, 3.05) is 7.11 Å². The monoisotopic (exact) mass is 516 g/mol. The van der Waals surface area contributed by atoms with Crippen LogP contribution < -0.4 is 5.19 Å². The van der Waals surface area contributed by atoms with E-state index in [4.69, 9.17) is 14.7 Å². The summed E-state index contributed by atoms with van der Waals surface area (Å²) in [7, 11) is -0.298. The predicted octanol–water partition coefficient (Wildman–Crippen LogP) is 6.65. The van der Waals surface area contributed by atoms with Gasteiger partial charge in [-0.15, -0.1) is 0 Å². The molecule has 0 aliphatic carbocycles. The molecule has 0 fully saturated rings. The Bertz CT molecular complexity index is 1820. The second-order valence-electron chi connectivity index (χ2n) is 10.6. The number of H-pyrrole nitrogens is 2. The number of hydrogen-bond acceptors (Lipinski definition) is 4. The number of nitrogens with zero attached hydrogens (tertiary/aromatic N) is 2. The van der Waals surface area contributed by atoms with Gasteiger partial charge in [0.15, 0.2) is 0 Å². The van der Waals surface area contributed by atoms with E-state index in [0.717, 1.165) is 56.0 Å². The van der Waals surface area contributed by atoms with Crippen LogP contribution in [0.1, 0.15) is 33.1 Å². The number of aromatic nitrogens is 4. The normalized spacial score (nSPS) is 12.6. The van der Waals surface area contributed by atoms with Crippen molar-refractivity contribution >= 4 is 65.6 Å². The second kappa shape index (κ2) is 9.11. The van der Waals surface area contributed by atoms with Crippen molar-refractivity contribution in [2.45, 2.75) is 19.6 Å². The average molecular weight is 517 g/mol. The SMILES string of the molecule is COC(=O)c1cc(-c2cc3cc4ccc(cc5nc(cc6nc(cc2[nH]3)C=C6)C=C5)[nH]4)cc([Si](C)(C)C)c1. The molecular formula is C31H28N4O2Si. The van der Waals surface area contributed by atoms with Crippen LogP contribution in [0, 0.1) is 0 Å². The lowest BCUT2D eigenvalue weighted by Gasteiger charge is -2.19. The van der Waals surface area contributed by atoms with Crippen LogP contribution in [0.3, 0.4) is 0 Å². The Morgan fingerprint density at radius 2 is 1.34 bits per heavy atom. The average Bonchev–Trinajstić information content (AvgIpc) is 3.68. The molecule has 0 amide bonds. The van der Waals surface area contributed by atoms with Gasteiger partial charge in [-0.2, -0.15) is 0 Å². The van der Waals surface area contributed by atoms with Crippen molar-refractivity contribution in [1.82, 2.24) is 19.9 Å². The Morgan fingerprint density at radius 3 is 2.00 bits per heavy atom. The van der Waals surface area contributed by atoms with Crippen molar-refractivity contribution in [3.05, 3.63) is 89.0 Å². The van der Waals surface area contributed by atoms with Crippen LogP contribution in [0.4, 0.5) is 0 Å². The van der Waals surface area contributed by atoms with E-state index in [0.29, 0.717) is 5.56 Å². The van der Waals surface area contributed by atoms with E-state index >= 15 is 0 Å². The fourth-order valence-corrected chi connectivity index (χ4v) is 5.89. The summed E-state index contributed by atoms with van der Waals surface area (Å²) >= 11 is 0. The van der Waals surface area contributed by atoms with Crippen LogP contribution in [0.2, 0.25) is 19.6 Å². The van der Waals surface area contributed by atoms with Crippen LogP contribution >= 0.6 is 0 Å². The number of rotatable bonds is 3. The molecule has 2 N–H and O–H groups in total. The van der Waals surface area contributed by atoms with Gasteiger partial charge in [0.2, 0.25) is 0 Å². The van der Waals surface area contributed by atoms with Crippen LogP contribution in [0.25, 0.3) is 57.5 Å². The number of fused-ring (bicyclic) bond motifs is 8. The number of ether oxygens (including phenoxy) is 1. The molecule has 5 heterocycles. The Hall–Kier alpha value is -4.49. The quantitative estimate of drug-likeness (QED) is 0.204. The highest BCUT2D eigenvalue weighted by atomic mass is 28.3. The third-order valence-electron chi connectivity index (χ3n) is 6.70. The van der Waals surface area contributed by atoms with E-state index < -0.39 is 8.07 Å². The number of hydrogen-bond donors (Lipinski definition) is 2. The van der Waals surface area contributed by atoms with Gasteiger partial charge in [-0.3, -0.25) is 0 Å². The highest BCUT2D eigenvalue weighted by Gasteiger charge is 2.21. The first kappa shape index (κ1) is 23.9. The van der Waals surface area contributed by atoms with Crippen molar-refractivity contribution < 1.29 is 9.53 Å². The molecule has 0 saturated heterocycles. The van der Waals surface area contributed by atoms with Crippen LogP contribution in [0.15, 0.2) is 60.7 Å². The molecule has 2 aliphatic heterocycles. The lowest BCUT2D eigenvalue weighted by molar-refractivity contribution is 0.0601. The summed E-state index contributed by atoms with van der Waals surface area (Å²) in [6.45, 7) is 6.83. The maximum absolute atomic E-state index is 12.6. The molecule has 2 aliphatic rings. The van der Waals surface area contributed by atoms with Crippen molar-refractivity contribution in [2.24, 2.45) is 0 Å². The van der Waals surface area contributed by atoms with E-state index in [1.54, 1.807) is 0 Å². The number of carbonyl (C=O) groups is 1. The molecular weight excluding hydrogens is 488 g/mol. The minimum Gasteiger partial charge on any atom is -0.465 e. The zero-order valence-corrected chi connectivity index (χ0v) is 22.8. The molecule has 8 bridgehead atoms. The summed E-state index contributed by atoms with van der Waals surface area (Å²) in [5.41, 5.74) is 9.80. The van der Waals surface area contributed by atoms with E-state index in [1.807, 2.05) is 60.7 Å². The molecule has 3 aromatic heterocycles. The molecule has 7 heteroatoms. The summed E-state index contributed by atoms with van der Waals surface area (Å²) in [6.07, 6.45) is 8.00. The number of benzene rings is 1. The van der Waals surface area contributed by atoms with Gasteiger partial charge in [0.05, 0.1) is 43.5 Å². The standard InChI is InChI=1S/C31H28N4O2Si/c1-37-31(36)20-11-19(12-28(13-20)38(2,3)4)29-17-27-16-25-8-7-23(33-25)14-21-5-6-22(32-21)15-24-9-10-26(34-24)18-30(29)35-27/h5-18,33,35H,1-4H3.